The van der Waals surface area contributed by atoms with E-state index in [1.54, 1.807) is 6.26 Å². The van der Waals surface area contributed by atoms with Gasteiger partial charge in [-0.3, -0.25) is 9.79 Å². The van der Waals surface area contributed by atoms with Gasteiger partial charge in [0.15, 0.2) is 5.96 Å². The van der Waals surface area contributed by atoms with E-state index < -0.39 is 0 Å². The van der Waals surface area contributed by atoms with Crippen molar-refractivity contribution in [2.24, 2.45) is 16.6 Å². The summed E-state index contributed by atoms with van der Waals surface area (Å²) in [5, 5.41) is 3.30. The molecule has 1 amide bonds. The van der Waals surface area contributed by atoms with Crippen LogP contribution in [-0.2, 0) is 11.2 Å². The van der Waals surface area contributed by atoms with Gasteiger partial charge in [-0.2, -0.15) is 0 Å². The van der Waals surface area contributed by atoms with Gasteiger partial charge in [-0.25, -0.2) is 0 Å². The molecule has 2 rings (SSSR count). The van der Waals surface area contributed by atoms with E-state index in [9.17, 15) is 4.79 Å². The lowest BCUT2D eigenvalue weighted by Crippen LogP contribution is -2.47. The number of furan rings is 1. The summed E-state index contributed by atoms with van der Waals surface area (Å²) in [6, 6.07) is 3.84. The molecule has 0 aliphatic carbocycles. The summed E-state index contributed by atoms with van der Waals surface area (Å²) in [7, 11) is 0. The highest BCUT2D eigenvalue weighted by molar-refractivity contribution is 5.80. The maximum Gasteiger partial charge on any atom is 0.217 e. The summed E-state index contributed by atoms with van der Waals surface area (Å²) in [5.74, 6) is 1.88. The first kappa shape index (κ1) is 17.1. The smallest absolute Gasteiger partial charge is 0.217 e. The number of hydrogen-bond donors (Lipinski definition) is 2. The van der Waals surface area contributed by atoms with E-state index in [0.717, 1.165) is 44.1 Å². The maximum atomic E-state index is 11.2. The second kappa shape index (κ2) is 9.02. The van der Waals surface area contributed by atoms with Gasteiger partial charge >= 0.3 is 0 Å². The summed E-state index contributed by atoms with van der Waals surface area (Å²) >= 11 is 0. The summed E-state index contributed by atoms with van der Waals surface area (Å²) in [6.07, 6.45) is 6.79. The Balaban J connectivity index is 1.95. The molecule has 1 saturated heterocycles. The molecular formula is C17H26N4O2. The first-order chi connectivity index (χ1) is 11.2. The molecule has 0 saturated carbocycles. The van der Waals surface area contributed by atoms with Gasteiger partial charge in [0, 0.05) is 39.0 Å². The minimum atomic E-state index is -0.229. The third-order valence-electron chi connectivity index (χ3n) is 3.91. The Morgan fingerprint density at radius 2 is 2.48 bits per heavy atom. The molecule has 1 aliphatic heterocycles. The molecule has 1 aromatic rings. The zero-order valence-corrected chi connectivity index (χ0v) is 13.5. The van der Waals surface area contributed by atoms with E-state index in [1.807, 2.05) is 18.2 Å². The molecule has 0 radical (unpaired) electrons. The Bertz CT molecular complexity index is 525. The van der Waals surface area contributed by atoms with Gasteiger partial charge in [0.2, 0.25) is 5.91 Å². The van der Waals surface area contributed by atoms with Crippen LogP contribution in [0.5, 0.6) is 0 Å². The number of likely N-dealkylation sites (tertiary alicyclic amines) is 1. The van der Waals surface area contributed by atoms with Crippen LogP contribution >= 0.6 is 0 Å². The van der Waals surface area contributed by atoms with E-state index in [0.29, 0.717) is 25.4 Å². The van der Waals surface area contributed by atoms with Crippen molar-refractivity contribution < 1.29 is 9.21 Å². The van der Waals surface area contributed by atoms with Crippen LogP contribution in [-0.4, -0.2) is 42.9 Å². The Labute approximate surface area is 137 Å². The lowest BCUT2D eigenvalue weighted by atomic mass is 9.95. The monoisotopic (exact) mass is 318 g/mol. The van der Waals surface area contributed by atoms with Gasteiger partial charge in [0.05, 0.1) is 6.26 Å². The van der Waals surface area contributed by atoms with Crippen molar-refractivity contribution in [1.82, 2.24) is 10.2 Å². The molecule has 0 spiro atoms. The Hall–Kier alpha value is -2.24. The largest absolute Gasteiger partial charge is 0.469 e. The van der Waals surface area contributed by atoms with Crippen LogP contribution < -0.4 is 11.1 Å². The molecule has 1 aliphatic rings. The lowest BCUT2D eigenvalue weighted by molar-refractivity contribution is -0.119. The zero-order chi connectivity index (χ0) is 16.5. The van der Waals surface area contributed by atoms with Gasteiger partial charge in [-0.15, -0.1) is 6.58 Å². The second-order valence-electron chi connectivity index (χ2n) is 5.83. The molecule has 0 bridgehead atoms. The molecule has 1 fully saturated rings. The SMILES string of the molecule is C=CCNC(=NCCc1ccco1)N1CCCC(CC(N)=O)C1. The maximum absolute atomic E-state index is 11.2. The van der Waals surface area contributed by atoms with Crippen LogP contribution in [0.3, 0.4) is 0 Å². The van der Waals surface area contributed by atoms with Crippen LogP contribution in [0.4, 0.5) is 0 Å². The van der Waals surface area contributed by atoms with Crippen LogP contribution in [0.15, 0.2) is 40.5 Å². The van der Waals surface area contributed by atoms with Crippen molar-refractivity contribution in [2.75, 3.05) is 26.2 Å². The summed E-state index contributed by atoms with van der Waals surface area (Å²) < 4.78 is 5.33. The second-order valence-corrected chi connectivity index (χ2v) is 5.83. The number of aliphatic imine (C=N–C) groups is 1. The average molecular weight is 318 g/mol. The van der Waals surface area contributed by atoms with Crippen LogP contribution in [0.25, 0.3) is 0 Å². The zero-order valence-electron chi connectivity index (χ0n) is 13.5. The van der Waals surface area contributed by atoms with Gasteiger partial charge in [-0.05, 0) is 30.9 Å². The number of rotatable bonds is 7. The molecule has 1 aromatic heterocycles. The van der Waals surface area contributed by atoms with Crippen molar-refractivity contribution in [1.29, 1.82) is 0 Å². The van der Waals surface area contributed by atoms with Gasteiger partial charge in [0.1, 0.15) is 5.76 Å². The lowest BCUT2D eigenvalue weighted by Gasteiger charge is -2.34. The summed E-state index contributed by atoms with van der Waals surface area (Å²) in [6.45, 7) is 6.82. The molecule has 6 heteroatoms. The first-order valence-electron chi connectivity index (χ1n) is 8.14. The Morgan fingerprint density at radius 1 is 1.61 bits per heavy atom. The average Bonchev–Trinajstić information content (AvgIpc) is 3.03. The van der Waals surface area contributed by atoms with E-state index in [2.05, 4.69) is 21.8 Å². The molecule has 23 heavy (non-hydrogen) atoms. The van der Waals surface area contributed by atoms with Crippen molar-refractivity contribution in [3.05, 3.63) is 36.8 Å². The standard InChI is InChI=1S/C17H26N4O2/c1-2-8-19-17(20-9-7-15-6-4-11-23-15)21-10-3-5-14(13-21)12-16(18)22/h2,4,6,11,14H,1,3,5,7-10,12-13H2,(H2,18,22)(H,19,20). The topological polar surface area (TPSA) is 83.9 Å². The van der Waals surface area contributed by atoms with Gasteiger partial charge in [0.25, 0.3) is 0 Å². The van der Waals surface area contributed by atoms with Crippen molar-refractivity contribution >= 4 is 11.9 Å². The normalized spacial score (nSPS) is 18.7. The minimum absolute atomic E-state index is 0.229. The highest BCUT2D eigenvalue weighted by atomic mass is 16.3. The summed E-state index contributed by atoms with van der Waals surface area (Å²) in [5.41, 5.74) is 5.33. The van der Waals surface area contributed by atoms with E-state index >= 15 is 0 Å². The Morgan fingerprint density at radius 3 is 3.17 bits per heavy atom. The Kier molecular flexibility index (Phi) is 6.72. The van der Waals surface area contributed by atoms with Crippen molar-refractivity contribution in [3.8, 4) is 0 Å². The predicted octanol–water partition coefficient (Wildman–Crippen LogP) is 1.54. The number of nitrogens with one attached hydrogen (secondary N) is 1. The van der Waals surface area contributed by atoms with Gasteiger partial charge < -0.3 is 20.4 Å². The number of amides is 1. The van der Waals surface area contributed by atoms with Gasteiger partial charge in [-0.1, -0.05) is 6.08 Å². The van der Waals surface area contributed by atoms with E-state index in [4.69, 9.17) is 10.2 Å². The van der Waals surface area contributed by atoms with Crippen LogP contribution in [0, 0.1) is 5.92 Å². The molecule has 0 aromatic carbocycles. The number of hydrogen-bond acceptors (Lipinski definition) is 3. The quantitative estimate of drug-likeness (QED) is 0.454. The number of carbonyl (C=O) groups excluding carboxylic acids is 1. The van der Waals surface area contributed by atoms with E-state index in [1.165, 1.54) is 0 Å². The number of primary amides is 1. The fourth-order valence-corrected chi connectivity index (χ4v) is 2.87. The molecule has 6 nitrogen and oxygen atoms in total. The third kappa shape index (κ3) is 5.81. The molecule has 3 N–H and O–H groups in total. The molecule has 1 atom stereocenters. The van der Waals surface area contributed by atoms with Crippen LogP contribution in [0.1, 0.15) is 25.0 Å². The number of carbonyl (C=O) groups is 1. The molecule has 1 unspecified atom stereocenters. The fraction of sp³-hybridized carbons (Fsp3) is 0.529. The molecule has 126 valence electrons. The first-order valence-corrected chi connectivity index (χ1v) is 8.14. The fourth-order valence-electron chi connectivity index (χ4n) is 2.87. The number of piperidine rings is 1. The predicted molar refractivity (Wildman–Crippen MR) is 91.0 cm³/mol. The number of guanidine groups is 1. The van der Waals surface area contributed by atoms with Crippen molar-refractivity contribution in [3.63, 3.8) is 0 Å². The highest BCUT2D eigenvalue weighted by Crippen LogP contribution is 2.19. The summed E-state index contributed by atoms with van der Waals surface area (Å²) in [4.78, 5) is 18.0. The third-order valence-corrected chi connectivity index (χ3v) is 3.91. The van der Waals surface area contributed by atoms with Crippen LogP contribution in [0.2, 0.25) is 0 Å². The molecule has 2 heterocycles. The number of nitrogens with two attached hydrogens (primary N) is 1. The minimum Gasteiger partial charge on any atom is -0.469 e. The van der Waals surface area contributed by atoms with Crippen molar-refractivity contribution in [2.45, 2.75) is 25.7 Å². The number of nitrogens with zero attached hydrogens (tertiary/aromatic N) is 2. The molecular weight excluding hydrogens is 292 g/mol. The highest BCUT2D eigenvalue weighted by Gasteiger charge is 2.23. The van der Waals surface area contributed by atoms with E-state index in [-0.39, 0.29) is 5.91 Å².